The third kappa shape index (κ3) is 4.01. The van der Waals surface area contributed by atoms with Gasteiger partial charge in [0.2, 0.25) is 5.91 Å². The van der Waals surface area contributed by atoms with Gasteiger partial charge in [-0.3, -0.25) is 14.3 Å². The highest BCUT2D eigenvalue weighted by molar-refractivity contribution is 7.93. The van der Waals surface area contributed by atoms with E-state index in [2.05, 4.69) is 9.71 Å². The first-order valence-electron chi connectivity index (χ1n) is 10.7. The van der Waals surface area contributed by atoms with Crippen LogP contribution in [0.5, 0.6) is 5.75 Å². The van der Waals surface area contributed by atoms with Gasteiger partial charge in [-0.15, -0.1) is 11.3 Å². The predicted molar refractivity (Wildman–Crippen MR) is 130 cm³/mol. The summed E-state index contributed by atoms with van der Waals surface area (Å²) in [5.41, 5.74) is 3.55. The number of ether oxygens (including phenoxy) is 1. The Morgan fingerprint density at radius 3 is 2.79 bits per heavy atom. The zero-order valence-electron chi connectivity index (χ0n) is 18.6. The lowest BCUT2D eigenvalue weighted by atomic mass is 10.0. The molecule has 11 heteroatoms. The molecule has 0 saturated carbocycles. The van der Waals surface area contributed by atoms with Crippen LogP contribution in [0.15, 0.2) is 46.7 Å². The number of nitrogens with one attached hydrogen (secondary N) is 1. The van der Waals surface area contributed by atoms with Gasteiger partial charge in [0.15, 0.2) is 11.7 Å². The Bertz CT molecular complexity index is 1420. The summed E-state index contributed by atoms with van der Waals surface area (Å²) in [7, 11) is -2.18. The maximum Gasteiger partial charge on any atom is 0.264 e. The highest BCUT2D eigenvalue weighted by Gasteiger charge is 2.25. The van der Waals surface area contributed by atoms with E-state index < -0.39 is 10.0 Å². The first kappa shape index (κ1) is 22.4. The minimum Gasteiger partial charge on any atom is -0.482 e. The molecule has 0 fully saturated rings. The molecule has 3 aromatic rings. The Labute approximate surface area is 201 Å². The van der Waals surface area contributed by atoms with Crippen LogP contribution in [-0.4, -0.2) is 45.4 Å². The van der Waals surface area contributed by atoms with Crippen LogP contribution in [0.1, 0.15) is 18.9 Å². The van der Waals surface area contributed by atoms with Crippen molar-refractivity contribution in [2.75, 3.05) is 34.7 Å². The number of fused-ring (bicyclic) bond motifs is 2. The Kier molecular flexibility index (Phi) is 5.53. The van der Waals surface area contributed by atoms with Crippen molar-refractivity contribution in [2.24, 2.45) is 0 Å². The lowest BCUT2D eigenvalue weighted by Crippen LogP contribution is -2.35. The number of rotatable bonds is 4. The van der Waals surface area contributed by atoms with Crippen molar-refractivity contribution in [2.45, 2.75) is 24.7 Å². The fourth-order valence-corrected chi connectivity index (χ4v) is 6.15. The van der Waals surface area contributed by atoms with Crippen molar-refractivity contribution in [3.63, 3.8) is 0 Å². The molecule has 0 saturated heterocycles. The molecule has 176 valence electrons. The van der Waals surface area contributed by atoms with Gasteiger partial charge >= 0.3 is 0 Å². The van der Waals surface area contributed by atoms with Crippen LogP contribution < -0.4 is 19.3 Å². The predicted octanol–water partition coefficient (Wildman–Crippen LogP) is 3.27. The van der Waals surface area contributed by atoms with E-state index in [1.165, 1.54) is 29.2 Å². The number of nitrogens with zero attached hydrogens (tertiary/aromatic N) is 3. The largest absolute Gasteiger partial charge is 0.482 e. The second-order valence-corrected chi connectivity index (χ2v) is 10.7. The minimum absolute atomic E-state index is 0.000945. The van der Waals surface area contributed by atoms with Crippen LogP contribution in [0.3, 0.4) is 0 Å². The van der Waals surface area contributed by atoms with E-state index in [0.717, 1.165) is 23.2 Å². The van der Waals surface area contributed by atoms with Gasteiger partial charge < -0.3 is 14.5 Å². The highest BCUT2D eigenvalue weighted by atomic mass is 32.2. The van der Waals surface area contributed by atoms with E-state index in [-0.39, 0.29) is 28.4 Å². The summed E-state index contributed by atoms with van der Waals surface area (Å²) in [6.07, 6.45) is 1.49. The van der Waals surface area contributed by atoms with Crippen LogP contribution in [-0.2, 0) is 26.0 Å². The fraction of sp³-hybridized carbons (Fsp3) is 0.261. The molecule has 3 heterocycles. The summed E-state index contributed by atoms with van der Waals surface area (Å²) in [6, 6.07) is 10.2. The number of hydrogen-bond acceptors (Lipinski definition) is 7. The lowest BCUT2D eigenvalue weighted by Gasteiger charge is -2.28. The van der Waals surface area contributed by atoms with E-state index in [0.29, 0.717) is 30.1 Å². The molecule has 2 aliphatic rings. The number of sulfonamides is 1. The van der Waals surface area contributed by atoms with E-state index >= 15 is 0 Å². The third-order valence-electron chi connectivity index (χ3n) is 5.93. The maximum atomic E-state index is 13.0. The molecule has 0 radical (unpaired) electrons. The number of thiazole rings is 1. The van der Waals surface area contributed by atoms with E-state index in [9.17, 15) is 18.0 Å². The number of amides is 2. The van der Waals surface area contributed by atoms with Gasteiger partial charge in [0.25, 0.3) is 15.9 Å². The molecule has 2 aliphatic heterocycles. The molecule has 5 rings (SSSR count). The van der Waals surface area contributed by atoms with Crippen molar-refractivity contribution in [3.05, 3.63) is 47.3 Å². The topological polar surface area (TPSA) is 109 Å². The molecular formula is C23H22N4O5S2. The standard InChI is InChI=1S/C23H22N4O5S2/c1-14(28)27-9-3-4-16-10-17(6-7-19(16)27)34(30,31)25-23-24-18(13-33-23)15-5-8-21-20(11-15)26(2)22(29)12-32-21/h5-8,10-11,13H,3-4,9,12H2,1-2H3,(H,24,25). The number of carbonyl (C=O) groups is 2. The van der Waals surface area contributed by atoms with Crippen molar-refractivity contribution in [1.29, 1.82) is 0 Å². The van der Waals surface area contributed by atoms with Crippen LogP contribution >= 0.6 is 11.3 Å². The smallest absolute Gasteiger partial charge is 0.264 e. The van der Waals surface area contributed by atoms with Crippen LogP contribution in [0, 0.1) is 0 Å². The fourth-order valence-electron chi connectivity index (χ4n) is 4.13. The van der Waals surface area contributed by atoms with Crippen molar-refractivity contribution in [3.8, 4) is 17.0 Å². The number of likely N-dealkylation sites (N-methyl/N-ethyl adjacent to an activating group) is 1. The van der Waals surface area contributed by atoms with Gasteiger partial charge in [-0.2, -0.15) is 0 Å². The third-order valence-corrected chi connectivity index (χ3v) is 8.15. The molecule has 0 unspecified atom stereocenters. The Hall–Kier alpha value is -3.44. The number of benzene rings is 2. The second-order valence-electron chi connectivity index (χ2n) is 8.13. The Morgan fingerprint density at radius 1 is 1.18 bits per heavy atom. The van der Waals surface area contributed by atoms with E-state index in [4.69, 9.17) is 4.74 Å². The van der Waals surface area contributed by atoms with Gasteiger partial charge in [0, 0.05) is 37.1 Å². The van der Waals surface area contributed by atoms with Crippen molar-refractivity contribution in [1.82, 2.24) is 4.98 Å². The van der Waals surface area contributed by atoms with Gasteiger partial charge in [-0.25, -0.2) is 13.4 Å². The first-order valence-corrected chi connectivity index (χ1v) is 13.0. The molecular weight excluding hydrogens is 476 g/mol. The molecule has 0 atom stereocenters. The minimum atomic E-state index is -3.86. The maximum absolute atomic E-state index is 13.0. The molecule has 1 aromatic heterocycles. The number of carbonyl (C=O) groups excluding carboxylic acids is 2. The van der Waals surface area contributed by atoms with Gasteiger partial charge in [0.1, 0.15) is 5.75 Å². The van der Waals surface area contributed by atoms with Gasteiger partial charge in [0.05, 0.1) is 16.3 Å². The van der Waals surface area contributed by atoms with Gasteiger partial charge in [-0.05, 0) is 54.8 Å². The molecule has 2 aromatic carbocycles. The zero-order valence-corrected chi connectivity index (χ0v) is 20.2. The Balaban J connectivity index is 1.39. The molecule has 0 aliphatic carbocycles. The average molecular weight is 499 g/mol. The molecule has 9 nitrogen and oxygen atoms in total. The van der Waals surface area contributed by atoms with E-state index in [1.54, 1.807) is 41.6 Å². The monoisotopic (exact) mass is 498 g/mol. The highest BCUT2D eigenvalue weighted by Crippen LogP contribution is 2.36. The first-order chi connectivity index (χ1) is 16.2. The lowest BCUT2D eigenvalue weighted by molar-refractivity contribution is -0.121. The van der Waals surface area contributed by atoms with Crippen LogP contribution in [0.25, 0.3) is 11.3 Å². The average Bonchev–Trinajstić information content (AvgIpc) is 3.28. The summed E-state index contributed by atoms with van der Waals surface area (Å²) in [6.45, 7) is 2.14. The summed E-state index contributed by atoms with van der Waals surface area (Å²) in [5, 5.41) is 1.99. The molecule has 0 bridgehead atoms. The number of aromatic nitrogens is 1. The number of hydrogen-bond donors (Lipinski definition) is 1. The number of aryl methyl sites for hydroxylation is 1. The SMILES string of the molecule is CC(=O)N1CCCc2cc(S(=O)(=O)Nc3nc(-c4ccc5c(c4)N(C)C(=O)CO5)cs3)ccc21. The van der Waals surface area contributed by atoms with Crippen LogP contribution in [0.4, 0.5) is 16.5 Å². The molecule has 0 spiro atoms. The Morgan fingerprint density at radius 2 is 2.00 bits per heavy atom. The molecule has 34 heavy (non-hydrogen) atoms. The summed E-state index contributed by atoms with van der Waals surface area (Å²) in [5.74, 6) is 0.403. The zero-order chi connectivity index (χ0) is 24.0. The molecule has 1 N–H and O–H groups in total. The van der Waals surface area contributed by atoms with Gasteiger partial charge in [-0.1, -0.05) is 0 Å². The summed E-state index contributed by atoms with van der Waals surface area (Å²) < 4.78 is 34.1. The summed E-state index contributed by atoms with van der Waals surface area (Å²) in [4.78, 5) is 31.6. The van der Waals surface area contributed by atoms with E-state index in [1.807, 2.05) is 6.07 Å². The quantitative estimate of drug-likeness (QED) is 0.591. The second kappa shape index (κ2) is 8.41. The molecule has 2 amide bonds. The summed E-state index contributed by atoms with van der Waals surface area (Å²) >= 11 is 1.17. The van der Waals surface area contributed by atoms with Crippen LogP contribution in [0.2, 0.25) is 0 Å². The normalized spacial score (nSPS) is 15.4. The van der Waals surface area contributed by atoms with Crippen molar-refractivity contribution < 1.29 is 22.7 Å². The van der Waals surface area contributed by atoms with Crippen molar-refractivity contribution >= 4 is 49.7 Å². The number of anilines is 3.